The quantitative estimate of drug-likeness (QED) is 0.165. The molecule has 4 aromatic carbocycles. The van der Waals surface area contributed by atoms with Crippen LogP contribution in [0.4, 0.5) is 22.0 Å². The number of hydrogen-bond acceptors (Lipinski definition) is 3. The lowest BCUT2D eigenvalue weighted by Crippen LogP contribution is -2.10. The van der Waals surface area contributed by atoms with Crippen LogP contribution in [0.15, 0.2) is 89.8 Å². The van der Waals surface area contributed by atoms with Crippen LogP contribution in [-0.4, -0.2) is 17.7 Å². The maximum Gasteiger partial charge on any atom is 0.416 e. The highest BCUT2D eigenvalue weighted by Crippen LogP contribution is 2.41. The van der Waals surface area contributed by atoms with Gasteiger partial charge in [0.1, 0.15) is 17.4 Å². The van der Waals surface area contributed by atoms with E-state index in [1.165, 1.54) is 36.0 Å². The Labute approximate surface area is 226 Å². The van der Waals surface area contributed by atoms with Crippen LogP contribution >= 0.6 is 11.8 Å². The van der Waals surface area contributed by atoms with E-state index in [9.17, 15) is 26.7 Å². The average Bonchev–Trinajstić information content (AvgIpc) is 2.89. The van der Waals surface area contributed by atoms with Gasteiger partial charge in [-0.25, -0.2) is 13.6 Å². The molecule has 0 heterocycles. The third-order valence-corrected chi connectivity index (χ3v) is 7.28. The zero-order valence-electron chi connectivity index (χ0n) is 20.6. The first-order chi connectivity index (χ1) is 18.5. The van der Waals surface area contributed by atoms with Crippen molar-refractivity contribution in [3.8, 4) is 16.9 Å². The molecule has 0 amide bonds. The van der Waals surface area contributed by atoms with E-state index in [-0.39, 0.29) is 12.0 Å². The van der Waals surface area contributed by atoms with E-state index in [4.69, 9.17) is 9.84 Å². The number of alkyl halides is 3. The van der Waals surface area contributed by atoms with Gasteiger partial charge in [0.25, 0.3) is 0 Å². The summed E-state index contributed by atoms with van der Waals surface area (Å²) in [6, 6.07) is 20.7. The van der Waals surface area contributed by atoms with Crippen LogP contribution in [0.2, 0.25) is 0 Å². The molecule has 202 valence electrons. The smallest absolute Gasteiger partial charge is 0.416 e. The van der Waals surface area contributed by atoms with E-state index in [1.807, 2.05) is 0 Å². The van der Waals surface area contributed by atoms with Gasteiger partial charge in [-0.3, -0.25) is 0 Å². The van der Waals surface area contributed by atoms with E-state index in [1.54, 1.807) is 55.5 Å². The predicted molar refractivity (Wildman–Crippen MR) is 140 cm³/mol. The van der Waals surface area contributed by atoms with Crippen LogP contribution < -0.4 is 4.74 Å². The minimum absolute atomic E-state index is 0.0163. The highest BCUT2D eigenvalue weighted by Gasteiger charge is 2.30. The van der Waals surface area contributed by atoms with Gasteiger partial charge < -0.3 is 9.84 Å². The molecule has 0 bridgehead atoms. The number of benzene rings is 4. The van der Waals surface area contributed by atoms with E-state index in [0.717, 1.165) is 22.6 Å². The van der Waals surface area contributed by atoms with Gasteiger partial charge in [0.05, 0.1) is 5.56 Å². The van der Waals surface area contributed by atoms with Crippen molar-refractivity contribution in [1.29, 1.82) is 0 Å². The molecule has 0 saturated heterocycles. The lowest BCUT2D eigenvalue weighted by Gasteiger charge is -2.19. The Morgan fingerprint density at radius 2 is 1.56 bits per heavy atom. The molecule has 0 fully saturated rings. The van der Waals surface area contributed by atoms with Gasteiger partial charge in [0, 0.05) is 15.7 Å². The van der Waals surface area contributed by atoms with Crippen molar-refractivity contribution in [3.63, 3.8) is 0 Å². The van der Waals surface area contributed by atoms with Crippen molar-refractivity contribution in [3.05, 3.63) is 119 Å². The standard InChI is InChI=1S/C30H23F5O3S/c1-18-14-23(12-13-27(18)38-17-29(36)37)39-28(16-24-25(31)6-3-7-26(24)32)20-10-8-19(9-11-20)21-4-2-5-22(15-21)30(33,34)35/h2-15,28H,16-17H2,1H3,(H,36,37). The largest absolute Gasteiger partial charge is 0.482 e. The monoisotopic (exact) mass is 558 g/mol. The summed E-state index contributed by atoms with van der Waals surface area (Å²) in [6.07, 6.45) is -4.45. The summed E-state index contributed by atoms with van der Waals surface area (Å²) in [5.41, 5.74) is 1.56. The van der Waals surface area contributed by atoms with Gasteiger partial charge in [-0.2, -0.15) is 13.2 Å². The van der Waals surface area contributed by atoms with Crippen molar-refractivity contribution in [2.75, 3.05) is 6.61 Å². The predicted octanol–water partition coefficient (Wildman–Crippen LogP) is 8.50. The first-order valence-electron chi connectivity index (χ1n) is 11.8. The Kier molecular flexibility index (Phi) is 8.60. The van der Waals surface area contributed by atoms with E-state index < -0.39 is 41.2 Å². The molecule has 1 unspecified atom stereocenters. The number of thioether (sulfide) groups is 1. The van der Waals surface area contributed by atoms with Crippen LogP contribution in [0.5, 0.6) is 5.75 Å². The third-order valence-electron chi connectivity index (χ3n) is 6.03. The molecule has 4 aromatic rings. The SMILES string of the molecule is Cc1cc(SC(Cc2c(F)cccc2F)c2ccc(-c3cccc(C(F)(F)F)c3)cc2)ccc1OCC(=O)O. The maximum absolute atomic E-state index is 14.5. The first kappa shape index (κ1) is 28.2. The van der Waals surface area contributed by atoms with Gasteiger partial charge in [0.2, 0.25) is 0 Å². The van der Waals surface area contributed by atoms with Gasteiger partial charge in [-0.1, -0.05) is 42.5 Å². The van der Waals surface area contributed by atoms with Crippen molar-refractivity contribution in [1.82, 2.24) is 0 Å². The zero-order chi connectivity index (χ0) is 28.2. The third kappa shape index (κ3) is 7.17. The number of aryl methyl sites for hydroxylation is 1. The van der Waals surface area contributed by atoms with E-state index in [0.29, 0.717) is 22.4 Å². The van der Waals surface area contributed by atoms with Crippen molar-refractivity contribution in [2.45, 2.75) is 29.7 Å². The molecule has 39 heavy (non-hydrogen) atoms. The number of ether oxygens (including phenoxy) is 1. The molecule has 0 radical (unpaired) electrons. The highest BCUT2D eigenvalue weighted by molar-refractivity contribution is 7.99. The molecule has 4 rings (SSSR count). The molecule has 0 aliphatic rings. The average molecular weight is 559 g/mol. The molecular weight excluding hydrogens is 535 g/mol. The normalized spacial score (nSPS) is 12.3. The number of halogens is 5. The Morgan fingerprint density at radius 1 is 0.897 bits per heavy atom. The van der Waals surface area contributed by atoms with Gasteiger partial charge in [-0.15, -0.1) is 11.8 Å². The van der Waals surface area contributed by atoms with E-state index >= 15 is 0 Å². The topological polar surface area (TPSA) is 46.5 Å². The van der Waals surface area contributed by atoms with Crippen molar-refractivity contribution in [2.24, 2.45) is 0 Å². The summed E-state index contributed by atoms with van der Waals surface area (Å²) in [4.78, 5) is 11.6. The molecule has 0 aliphatic carbocycles. The number of hydrogen-bond donors (Lipinski definition) is 1. The zero-order valence-corrected chi connectivity index (χ0v) is 21.5. The van der Waals surface area contributed by atoms with Crippen LogP contribution in [0.1, 0.15) is 27.5 Å². The second-order valence-electron chi connectivity index (χ2n) is 8.82. The van der Waals surface area contributed by atoms with E-state index in [2.05, 4.69) is 0 Å². The molecule has 0 saturated carbocycles. The highest BCUT2D eigenvalue weighted by atomic mass is 32.2. The van der Waals surface area contributed by atoms with Crippen LogP contribution in [-0.2, 0) is 17.4 Å². The molecule has 1 atom stereocenters. The fourth-order valence-electron chi connectivity index (χ4n) is 4.07. The molecule has 0 spiro atoms. The molecular formula is C30H23F5O3S. The summed E-state index contributed by atoms with van der Waals surface area (Å²) in [5, 5.41) is 8.40. The lowest BCUT2D eigenvalue weighted by atomic mass is 9.98. The first-order valence-corrected chi connectivity index (χ1v) is 12.7. The number of carboxylic acid groups (broad SMARTS) is 1. The summed E-state index contributed by atoms with van der Waals surface area (Å²) >= 11 is 1.35. The number of carbonyl (C=O) groups is 1. The van der Waals surface area contributed by atoms with Crippen LogP contribution in [0.25, 0.3) is 11.1 Å². The minimum atomic E-state index is -4.46. The second kappa shape index (κ2) is 11.9. The molecule has 9 heteroatoms. The maximum atomic E-state index is 14.5. The number of rotatable bonds is 9. The Morgan fingerprint density at radius 3 is 2.18 bits per heavy atom. The van der Waals surface area contributed by atoms with Gasteiger partial charge in [-0.05, 0) is 78.1 Å². The minimum Gasteiger partial charge on any atom is -0.482 e. The van der Waals surface area contributed by atoms with Crippen molar-refractivity contribution < 1.29 is 36.6 Å². The fourth-order valence-corrected chi connectivity index (χ4v) is 5.33. The fraction of sp³-hybridized carbons (Fsp3) is 0.167. The number of carboxylic acids is 1. The van der Waals surface area contributed by atoms with Crippen molar-refractivity contribution >= 4 is 17.7 Å². The summed E-state index contributed by atoms with van der Waals surface area (Å²) in [5.74, 6) is -2.04. The molecule has 1 N–H and O–H groups in total. The summed E-state index contributed by atoms with van der Waals surface area (Å²) in [6.45, 7) is 1.28. The van der Waals surface area contributed by atoms with Gasteiger partial charge in [0.15, 0.2) is 6.61 Å². The summed E-state index contributed by atoms with van der Waals surface area (Å²) in [7, 11) is 0. The van der Waals surface area contributed by atoms with Crippen LogP contribution in [0.3, 0.4) is 0 Å². The number of aliphatic carboxylic acids is 1. The Bertz CT molecular complexity index is 1450. The lowest BCUT2D eigenvalue weighted by molar-refractivity contribution is -0.139. The molecule has 0 aliphatic heterocycles. The molecule has 3 nitrogen and oxygen atoms in total. The second-order valence-corrected chi connectivity index (χ2v) is 10.1. The van der Waals surface area contributed by atoms with Gasteiger partial charge >= 0.3 is 12.1 Å². The summed E-state index contributed by atoms with van der Waals surface area (Å²) < 4.78 is 73.9. The Balaban J connectivity index is 1.65. The van der Waals surface area contributed by atoms with Crippen LogP contribution in [0, 0.1) is 18.6 Å². The Hall–Kier alpha value is -3.85. The molecule has 0 aromatic heterocycles.